The molecule has 0 aliphatic heterocycles. The molecule has 0 bridgehead atoms. The van der Waals surface area contributed by atoms with E-state index in [1.807, 2.05) is 37.3 Å². The van der Waals surface area contributed by atoms with Crippen molar-refractivity contribution in [3.8, 4) is 5.75 Å². The van der Waals surface area contributed by atoms with Crippen LogP contribution in [0.15, 0.2) is 36.5 Å². The lowest BCUT2D eigenvalue weighted by Gasteiger charge is -2.13. The summed E-state index contributed by atoms with van der Waals surface area (Å²) in [6.07, 6.45) is 1.49. The van der Waals surface area contributed by atoms with Gasteiger partial charge in [0.25, 0.3) is 0 Å². The molecule has 1 atom stereocenters. The van der Waals surface area contributed by atoms with Gasteiger partial charge < -0.3 is 10.5 Å². The molecule has 0 aliphatic carbocycles. The molecular weight excluding hydrogens is 220 g/mol. The van der Waals surface area contributed by atoms with Crippen molar-refractivity contribution in [2.24, 2.45) is 5.73 Å². The molecular formula is C12H12N2OS. The molecule has 1 unspecified atom stereocenters. The lowest BCUT2D eigenvalue weighted by molar-refractivity contribution is 0.288. The van der Waals surface area contributed by atoms with Gasteiger partial charge in [0.1, 0.15) is 16.8 Å². The molecule has 0 amide bonds. The second-order valence-electron chi connectivity index (χ2n) is 3.52. The highest BCUT2D eigenvalue weighted by atomic mass is 32.1. The number of rotatable bonds is 3. The van der Waals surface area contributed by atoms with E-state index in [2.05, 4.69) is 4.98 Å². The molecule has 2 N–H and O–H groups in total. The number of aromatic nitrogens is 1. The van der Waals surface area contributed by atoms with Gasteiger partial charge in [0, 0.05) is 17.6 Å². The first-order chi connectivity index (χ1) is 7.66. The van der Waals surface area contributed by atoms with Crippen LogP contribution in [0.3, 0.4) is 0 Å². The fourth-order valence-corrected chi connectivity index (χ4v) is 1.43. The zero-order valence-electron chi connectivity index (χ0n) is 8.88. The number of thiocarbonyl (C=S) groups is 1. The summed E-state index contributed by atoms with van der Waals surface area (Å²) in [5, 5.41) is 1.08. The molecule has 1 aromatic carbocycles. The smallest absolute Gasteiger partial charge is 0.145 e. The topological polar surface area (TPSA) is 48.1 Å². The van der Waals surface area contributed by atoms with Crippen LogP contribution >= 0.6 is 12.2 Å². The Morgan fingerprint density at radius 1 is 1.44 bits per heavy atom. The maximum Gasteiger partial charge on any atom is 0.145 e. The monoisotopic (exact) mass is 232 g/mol. The van der Waals surface area contributed by atoms with Crippen molar-refractivity contribution in [2.45, 2.75) is 13.0 Å². The van der Waals surface area contributed by atoms with E-state index >= 15 is 0 Å². The Morgan fingerprint density at radius 3 is 3.00 bits per heavy atom. The molecule has 0 spiro atoms. The van der Waals surface area contributed by atoms with E-state index in [0.29, 0.717) is 4.99 Å². The Kier molecular flexibility index (Phi) is 3.01. The van der Waals surface area contributed by atoms with Crippen LogP contribution in [-0.4, -0.2) is 16.1 Å². The van der Waals surface area contributed by atoms with E-state index in [1.165, 1.54) is 0 Å². The number of pyridine rings is 1. The van der Waals surface area contributed by atoms with Crippen molar-refractivity contribution in [1.29, 1.82) is 0 Å². The Balaban J connectivity index is 2.29. The van der Waals surface area contributed by atoms with Crippen LogP contribution in [0.1, 0.15) is 6.92 Å². The highest BCUT2D eigenvalue weighted by Crippen LogP contribution is 2.19. The van der Waals surface area contributed by atoms with Crippen LogP contribution in [0.4, 0.5) is 0 Å². The number of nitrogens with two attached hydrogens (primary N) is 1. The molecule has 0 fully saturated rings. The molecule has 0 saturated carbocycles. The summed E-state index contributed by atoms with van der Waals surface area (Å²) in [4.78, 5) is 4.60. The molecule has 2 aromatic rings. The number of hydrogen-bond donors (Lipinski definition) is 1. The van der Waals surface area contributed by atoms with Crippen LogP contribution in [0.5, 0.6) is 5.75 Å². The molecule has 1 aromatic heterocycles. The molecule has 0 aliphatic rings. The standard InChI is InChI=1S/C12H12N2OS/c1-8(12(13)16)15-10-5-4-9-3-2-6-14-11(9)7-10/h2-8H,1H3,(H2,13,16). The third kappa shape index (κ3) is 2.28. The van der Waals surface area contributed by atoms with Gasteiger partial charge in [-0.25, -0.2) is 0 Å². The summed E-state index contributed by atoms with van der Waals surface area (Å²) in [5.74, 6) is 0.728. The maximum absolute atomic E-state index is 5.58. The lowest BCUT2D eigenvalue weighted by atomic mass is 10.2. The minimum atomic E-state index is -0.267. The highest BCUT2D eigenvalue weighted by molar-refractivity contribution is 7.80. The molecule has 0 saturated heterocycles. The van der Waals surface area contributed by atoms with Gasteiger partial charge in [0.2, 0.25) is 0 Å². The minimum Gasteiger partial charge on any atom is -0.484 e. The van der Waals surface area contributed by atoms with Crippen molar-refractivity contribution < 1.29 is 4.74 Å². The van der Waals surface area contributed by atoms with Gasteiger partial charge in [0.05, 0.1) is 5.52 Å². The quantitative estimate of drug-likeness (QED) is 0.825. The van der Waals surface area contributed by atoms with Crippen LogP contribution in [0, 0.1) is 0 Å². The van der Waals surface area contributed by atoms with Gasteiger partial charge in [-0.1, -0.05) is 18.3 Å². The van der Waals surface area contributed by atoms with Gasteiger partial charge in [-0.3, -0.25) is 4.98 Å². The van der Waals surface area contributed by atoms with Crippen molar-refractivity contribution >= 4 is 28.1 Å². The summed E-state index contributed by atoms with van der Waals surface area (Å²) in [6.45, 7) is 1.82. The molecule has 82 valence electrons. The number of benzene rings is 1. The van der Waals surface area contributed by atoms with Gasteiger partial charge in [-0.2, -0.15) is 0 Å². The molecule has 2 rings (SSSR count). The number of hydrogen-bond acceptors (Lipinski definition) is 3. The van der Waals surface area contributed by atoms with Crippen LogP contribution < -0.4 is 10.5 Å². The third-order valence-corrected chi connectivity index (χ3v) is 2.62. The summed E-state index contributed by atoms with van der Waals surface area (Å²) >= 11 is 4.85. The van der Waals surface area contributed by atoms with E-state index in [4.69, 9.17) is 22.7 Å². The van der Waals surface area contributed by atoms with Crippen molar-refractivity contribution in [3.05, 3.63) is 36.5 Å². The second-order valence-corrected chi connectivity index (χ2v) is 3.99. The number of nitrogens with zero attached hydrogens (tertiary/aromatic N) is 1. The SMILES string of the molecule is CC(Oc1ccc2cccnc2c1)C(N)=S. The molecule has 1 heterocycles. The van der Waals surface area contributed by atoms with Crippen molar-refractivity contribution in [3.63, 3.8) is 0 Å². The summed E-state index contributed by atoms with van der Waals surface area (Å²) in [5.41, 5.74) is 6.39. The zero-order chi connectivity index (χ0) is 11.5. The summed E-state index contributed by atoms with van der Waals surface area (Å²) in [7, 11) is 0. The largest absolute Gasteiger partial charge is 0.484 e. The minimum absolute atomic E-state index is 0.267. The Morgan fingerprint density at radius 2 is 2.25 bits per heavy atom. The normalized spacial score (nSPS) is 12.3. The second kappa shape index (κ2) is 4.45. The van der Waals surface area contributed by atoms with Gasteiger partial charge in [0.15, 0.2) is 0 Å². The fraction of sp³-hybridized carbons (Fsp3) is 0.167. The molecule has 0 radical (unpaired) electrons. The third-order valence-electron chi connectivity index (χ3n) is 2.29. The first-order valence-corrected chi connectivity index (χ1v) is 5.38. The van der Waals surface area contributed by atoms with E-state index in [0.717, 1.165) is 16.7 Å². The molecule has 4 heteroatoms. The fourth-order valence-electron chi connectivity index (χ4n) is 1.38. The first-order valence-electron chi connectivity index (χ1n) is 4.97. The van der Waals surface area contributed by atoms with E-state index < -0.39 is 0 Å². The van der Waals surface area contributed by atoms with Gasteiger partial charge in [-0.15, -0.1) is 0 Å². The van der Waals surface area contributed by atoms with Gasteiger partial charge >= 0.3 is 0 Å². The molecule has 3 nitrogen and oxygen atoms in total. The predicted molar refractivity (Wildman–Crippen MR) is 68.6 cm³/mol. The lowest BCUT2D eigenvalue weighted by Crippen LogP contribution is -2.28. The van der Waals surface area contributed by atoms with Gasteiger partial charge in [-0.05, 0) is 25.1 Å². The number of fused-ring (bicyclic) bond motifs is 1. The van der Waals surface area contributed by atoms with Crippen LogP contribution in [0.25, 0.3) is 10.9 Å². The van der Waals surface area contributed by atoms with Crippen molar-refractivity contribution in [2.75, 3.05) is 0 Å². The molecule has 16 heavy (non-hydrogen) atoms. The van der Waals surface area contributed by atoms with Crippen LogP contribution in [0.2, 0.25) is 0 Å². The Hall–Kier alpha value is -1.68. The average Bonchev–Trinajstić information content (AvgIpc) is 2.28. The van der Waals surface area contributed by atoms with E-state index in [-0.39, 0.29) is 6.10 Å². The Bertz CT molecular complexity index is 527. The average molecular weight is 232 g/mol. The number of ether oxygens (including phenoxy) is 1. The van der Waals surface area contributed by atoms with Crippen LogP contribution in [-0.2, 0) is 0 Å². The first kappa shape index (κ1) is 10.8. The maximum atomic E-state index is 5.58. The highest BCUT2D eigenvalue weighted by Gasteiger charge is 2.06. The van der Waals surface area contributed by atoms with E-state index in [1.54, 1.807) is 6.20 Å². The predicted octanol–water partition coefficient (Wildman–Crippen LogP) is 2.29. The zero-order valence-corrected chi connectivity index (χ0v) is 9.70. The summed E-state index contributed by atoms with van der Waals surface area (Å²) in [6, 6.07) is 9.64. The van der Waals surface area contributed by atoms with Crippen molar-refractivity contribution in [1.82, 2.24) is 4.98 Å². The summed E-state index contributed by atoms with van der Waals surface area (Å²) < 4.78 is 5.58. The van der Waals surface area contributed by atoms with E-state index in [9.17, 15) is 0 Å². The Labute approximate surface area is 99.2 Å².